The minimum absolute atomic E-state index is 0.00255. The zero-order valence-electron chi connectivity index (χ0n) is 10.8. The quantitative estimate of drug-likeness (QED) is 0.928. The average Bonchev–Trinajstić information content (AvgIpc) is 3.02. The number of amides is 1. The van der Waals surface area contributed by atoms with E-state index in [1.54, 1.807) is 12.3 Å². The topological polar surface area (TPSA) is 49.0 Å². The summed E-state index contributed by atoms with van der Waals surface area (Å²) in [7, 11) is 0. The lowest BCUT2D eigenvalue weighted by Gasteiger charge is -2.35. The second-order valence-corrected chi connectivity index (χ2v) is 6.20. The number of rotatable bonds is 2. The van der Waals surface area contributed by atoms with Crippen LogP contribution in [0.4, 0.5) is 0 Å². The molecule has 104 valence electrons. The summed E-state index contributed by atoms with van der Waals surface area (Å²) in [5.74, 6) is 1.87. The Morgan fingerprint density at radius 2 is 2.15 bits per heavy atom. The predicted octanol–water partition coefficient (Wildman–Crippen LogP) is 2.99. The van der Waals surface area contributed by atoms with Crippen LogP contribution < -0.4 is 0 Å². The first-order chi connectivity index (χ1) is 9.75. The molecule has 1 fully saturated rings. The van der Waals surface area contributed by atoms with Gasteiger partial charge in [0.1, 0.15) is 5.69 Å². The summed E-state index contributed by atoms with van der Waals surface area (Å²) in [6, 6.07) is 9.52. The maximum absolute atomic E-state index is 12.5. The molecule has 1 N–H and O–H groups in total. The van der Waals surface area contributed by atoms with E-state index in [0.717, 1.165) is 23.6 Å². The van der Waals surface area contributed by atoms with Crippen LogP contribution >= 0.6 is 23.4 Å². The molecule has 2 aromatic rings. The van der Waals surface area contributed by atoms with Gasteiger partial charge >= 0.3 is 0 Å². The smallest absolute Gasteiger partial charge is 0.272 e. The van der Waals surface area contributed by atoms with Crippen LogP contribution in [0.1, 0.15) is 22.1 Å². The highest BCUT2D eigenvalue weighted by Gasteiger charge is 2.29. The maximum atomic E-state index is 12.5. The maximum Gasteiger partial charge on any atom is 0.272 e. The van der Waals surface area contributed by atoms with E-state index in [9.17, 15) is 4.79 Å². The highest BCUT2D eigenvalue weighted by Crippen LogP contribution is 2.31. The van der Waals surface area contributed by atoms with Gasteiger partial charge in [-0.05, 0) is 23.8 Å². The molecular weight excluding hydrogens is 294 g/mol. The van der Waals surface area contributed by atoms with Gasteiger partial charge in [-0.25, -0.2) is 0 Å². The van der Waals surface area contributed by atoms with E-state index in [0.29, 0.717) is 10.7 Å². The molecule has 0 saturated carbocycles. The van der Waals surface area contributed by atoms with Gasteiger partial charge in [0.25, 0.3) is 5.91 Å². The van der Waals surface area contributed by atoms with Gasteiger partial charge in [-0.2, -0.15) is 16.9 Å². The first kappa shape index (κ1) is 13.5. The van der Waals surface area contributed by atoms with E-state index in [1.807, 2.05) is 40.9 Å². The standard InChI is InChI=1S/C14H14ClN3OS/c15-11-3-1-10(2-4-11)13-9-20-8-7-18(13)14(19)12-5-6-16-17-12/h1-6,13H,7-9H2,(H,16,17). The summed E-state index contributed by atoms with van der Waals surface area (Å²) in [6.45, 7) is 0.746. The molecular formula is C14H14ClN3OS. The molecule has 20 heavy (non-hydrogen) atoms. The van der Waals surface area contributed by atoms with Crippen molar-refractivity contribution in [1.29, 1.82) is 0 Å². The third-order valence-electron chi connectivity index (χ3n) is 3.38. The molecule has 1 saturated heterocycles. The van der Waals surface area contributed by atoms with E-state index >= 15 is 0 Å². The molecule has 1 aromatic heterocycles. The van der Waals surface area contributed by atoms with Crippen LogP contribution in [0.3, 0.4) is 0 Å². The van der Waals surface area contributed by atoms with Crippen LogP contribution in [0.15, 0.2) is 36.5 Å². The van der Waals surface area contributed by atoms with E-state index in [-0.39, 0.29) is 11.9 Å². The molecule has 0 spiro atoms. The van der Waals surface area contributed by atoms with Crippen LogP contribution in [-0.4, -0.2) is 39.1 Å². The van der Waals surface area contributed by atoms with Crippen molar-refractivity contribution in [3.05, 3.63) is 52.8 Å². The lowest BCUT2D eigenvalue weighted by Crippen LogP contribution is -2.40. The SMILES string of the molecule is O=C(c1ccn[nH]1)N1CCSCC1c1ccc(Cl)cc1. The fourth-order valence-corrected chi connectivity index (χ4v) is 3.55. The molecule has 0 bridgehead atoms. The minimum atomic E-state index is 0.00255. The van der Waals surface area contributed by atoms with Gasteiger partial charge in [0.2, 0.25) is 0 Å². The number of hydrogen-bond donors (Lipinski definition) is 1. The number of H-pyrrole nitrogens is 1. The zero-order chi connectivity index (χ0) is 13.9. The Kier molecular flexibility index (Phi) is 3.98. The second kappa shape index (κ2) is 5.89. The van der Waals surface area contributed by atoms with Crippen LogP contribution in [-0.2, 0) is 0 Å². The van der Waals surface area contributed by atoms with Crippen molar-refractivity contribution >= 4 is 29.3 Å². The fourth-order valence-electron chi connectivity index (χ4n) is 2.34. The van der Waals surface area contributed by atoms with Crippen LogP contribution in [0.5, 0.6) is 0 Å². The Balaban J connectivity index is 1.87. The van der Waals surface area contributed by atoms with Gasteiger partial charge in [-0.15, -0.1) is 0 Å². The van der Waals surface area contributed by atoms with Gasteiger partial charge in [0.15, 0.2) is 0 Å². The summed E-state index contributed by atoms with van der Waals surface area (Å²) in [4.78, 5) is 14.4. The highest BCUT2D eigenvalue weighted by atomic mass is 35.5. The van der Waals surface area contributed by atoms with E-state index in [2.05, 4.69) is 10.2 Å². The second-order valence-electron chi connectivity index (χ2n) is 4.61. The predicted molar refractivity (Wildman–Crippen MR) is 81.1 cm³/mol. The Morgan fingerprint density at radius 3 is 2.85 bits per heavy atom. The van der Waals surface area contributed by atoms with Crippen molar-refractivity contribution in [3.8, 4) is 0 Å². The Morgan fingerprint density at radius 1 is 1.35 bits per heavy atom. The molecule has 1 amide bonds. The van der Waals surface area contributed by atoms with Crippen molar-refractivity contribution in [3.63, 3.8) is 0 Å². The molecule has 6 heteroatoms. The van der Waals surface area contributed by atoms with Crippen molar-refractivity contribution in [1.82, 2.24) is 15.1 Å². The first-order valence-electron chi connectivity index (χ1n) is 6.39. The molecule has 3 rings (SSSR count). The number of halogens is 1. The molecule has 0 aliphatic carbocycles. The number of aromatic nitrogens is 2. The largest absolute Gasteiger partial charge is 0.329 e. The molecule has 1 aromatic carbocycles. The van der Waals surface area contributed by atoms with Crippen molar-refractivity contribution < 1.29 is 4.79 Å². The third kappa shape index (κ3) is 2.69. The molecule has 1 atom stereocenters. The number of carbonyl (C=O) groups excluding carboxylic acids is 1. The summed E-state index contributed by atoms with van der Waals surface area (Å²) in [5, 5.41) is 7.31. The summed E-state index contributed by atoms with van der Waals surface area (Å²) >= 11 is 7.80. The lowest BCUT2D eigenvalue weighted by atomic mass is 10.1. The number of aromatic amines is 1. The van der Waals surface area contributed by atoms with Crippen molar-refractivity contribution in [2.75, 3.05) is 18.1 Å². The third-order valence-corrected chi connectivity index (χ3v) is 4.65. The zero-order valence-corrected chi connectivity index (χ0v) is 12.3. The summed E-state index contributed by atoms with van der Waals surface area (Å²) < 4.78 is 0. The number of thioether (sulfide) groups is 1. The first-order valence-corrected chi connectivity index (χ1v) is 7.92. The fraction of sp³-hybridized carbons (Fsp3) is 0.286. The van der Waals surface area contributed by atoms with Crippen LogP contribution in [0, 0.1) is 0 Å². The van der Waals surface area contributed by atoms with E-state index in [1.165, 1.54) is 0 Å². The molecule has 1 aliphatic rings. The van der Waals surface area contributed by atoms with Gasteiger partial charge in [0, 0.05) is 29.3 Å². The van der Waals surface area contributed by atoms with E-state index in [4.69, 9.17) is 11.6 Å². The molecule has 4 nitrogen and oxygen atoms in total. The number of nitrogens with zero attached hydrogens (tertiary/aromatic N) is 2. The highest BCUT2D eigenvalue weighted by molar-refractivity contribution is 7.99. The van der Waals surface area contributed by atoms with Gasteiger partial charge in [-0.1, -0.05) is 23.7 Å². The number of carbonyl (C=O) groups is 1. The van der Waals surface area contributed by atoms with Gasteiger partial charge in [-0.3, -0.25) is 9.89 Å². The van der Waals surface area contributed by atoms with Crippen molar-refractivity contribution in [2.24, 2.45) is 0 Å². The molecule has 0 radical (unpaired) electrons. The minimum Gasteiger partial charge on any atom is -0.329 e. The summed E-state index contributed by atoms with van der Waals surface area (Å²) in [5.41, 5.74) is 1.66. The van der Waals surface area contributed by atoms with Gasteiger partial charge in [0.05, 0.1) is 6.04 Å². The van der Waals surface area contributed by atoms with Crippen LogP contribution in [0.2, 0.25) is 5.02 Å². The van der Waals surface area contributed by atoms with Gasteiger partial charge < -0.3 is 4.90 Å². The number of benzene rings is 1. The lowest BCUT2D eigenvalue weighted by molar-refractivity contribution is 0.0695. The average molecular weight is 308 g/mol. The Bertz CT molecular complexity index is 585. The normalized spacial score (nSPS) is 19.1. The summed E-state index contributed by atoms with van der Waals surface area (Å²) in [6.07, 6.45) is 1.60. The van der Waals surface area contributed by atoms with E-state index < -0.39 is 0 Å². The van der Waals surface area contributed by atoms with Crippen molar-refractivity contribution in [2.45, 2.75) is 6.04 Å². The number of nitrogens with one attached hydrogen (secondary N) is 1. The Labute approximate surface area is 126 Å². The monoisotopic (exact) mass is 307 g/mol. The molecule has 2 heterocycles. The molecule has 1 aliphatic heterocycles. The number of hydrogen-bond acceptors (Lipinski definition) is 3. The Hall–Kier alpha value is -1.46. The molecule has 1 unspecified atom stereocenters. The van der Waals surface area contributed by atoms with Crippen LogP contribution in [0.25, 0.3) is 0 Å².